The van der Waals surface area contributed by atoms with Crippen molar-refractivity contribution in [2.75, 3.05) is 19.0 Å². The predicted molar refractivity (Wildman–Crippen MR) is 65.4 cm³/mol. The molecular formula is C11H21ClN2O2. The zero-order valence-electron chi connectivity index (χ0n) is 10.0. The van der Waals surface area contributed by atoms with Crippen LogP contribution in [0.25, 0.3) is 0 Å². The van der Waals surface area contributed by atoms with Gasteiger partial charge in [0.1, 0.15) is 0 Å². The lowest BCUT2D eigenvalue weighted by Gasteiger charge is -2.08. The molecule has 94 valence electrons. The van der Waals surface area contributed by atoms with Crippen molar-refractivity contribution < 1.29 is 9.59 Å². The number of amides is 2. The van der Waals surface area contributed by atoms with Gasteiger partial charge in [-0.15, -0.1) is 11.6 Å². The lowest BCUT2D eigenvalue weighted by molar-refractivity contribution is -0.122. The number of carbonyl (C=O) groups excluding carboxylic acids is 2. The topological polar surface area (TPSA) is 58.2 Å². The van der Waals surface area contributed by atoms with Crippen molar-refractivity contribution in [3.05, 3.63) is 0 Å². The quantitative estimate of drug-likeness (QED) is 0.636. The lowest BCUT2D eigenvalue weighted by Crippen LogP contribution is -2.32. The summed E-state index contributed by atoms with van der Waals surface area (Å²) in [5, 5.41) is 5.47. The second kappa shape index (κ2) is 9.46. The monoisotopic (exact) mass is 248 g/mol. The molecule has 0 aromatic heterocycles. The molecule has 0 saturated carbocycles. The van der Waals surface area contributed by atoms with Crippen LogP contribution in [0, 0.1) is 5.92 Å². The molecule has 0 atom stereocenters. The van der Waals surface area contributed by atoms with Gasteiger partial charge in [-0.1, -0.05) is 13.8 Å². The third-order valence-corrected chi connectivity index (χ3v) is 2.19. The standard InChI is InChI=1S/C11H21ClN2O2/c1-9(2)8-14-11(16)5-7-13-10(15)4-3-6-12/h9H,3-8H2,1-2H3,(H,13,15)(H,14,16). The third kappa shape index (κ3) is 9.77. The first kappa shape index (κ1) is 15.2. The van der Waals surface area contributed by atoms with Crippen LogP contribution in [0.5, 0.6) is 0 Å². The first-order valence-electron chi connectivity index (χ1n) is 5.65. The third-order valence-electron chi connectivity index (χ3n) is 1.92. The normalized spacial score (nSPS) is 10.2. The van der Waals surface area contributed by atoms with E-state index in [2.05, 4.69) is 10.6 Å². The Morgan fingerprint density at radius 1 is 1.12 bits per heavy atom. The zero-order valence-corrected chi connectivity index (χ0v) is 10.8. The van der Waals surface area contributed by atoms with E-state index in [0.717, 1.165) is 0 Å². The van der Waals surface area contributed by atoms with Gasteiger partial charge in [0.15, 0.2) is 0 Å². The van der Waals surface area contributed by atoms with Crippen LogP contribution in [0.1, 0.15) is 33.1 Å². The average molecular weight is 249 g/mol. The highest BCUT2D eigenvalue weighted by Gasteiger charge is 2.04. The van der Waals surface area contributed by atoms with Gasteiger partial charge in [-0.2, -0.15) is 0 Å². The minimum atomic E-state index is -0.0442. The molecule has 0 radical (unpaired) electrons. The molecule has 0 rings (SSSR count). The molecule has 0 spiro atoms. The van der Waals surface area contributed by atoms with Crippen LogP contribution in [0.3, 0.4) is 0 Å². The molecule has 0 fully saturated rings. The lowest BCUT2D eigenvalue weighted by atomic mass is 10.2. The molecule has 0 aromatic carbocycles. The minimum absolute atomic E-state index is 0.0219. The van der Waals surface area contributed by atoms with Gasteiger partial charge in [-0.25, -0.2) is 0 Å². The van der Waals surface area contributed by atoms with Gasteiger partial charge < -0.3 is 10.6 Å². The molecule has 0 heterocycles. The number of rotatable bonds is 8. The highest BCUT2D eigenvalue weighted by molar-refractivity contribution is 6.17. The summed E-state index contributed by atoms with van der Waals surface area (Å²) in [6.07, 6.45) is 1.43. The molecule has 2 N–H and O–H groups in total. The molecule has 4 nitrogen and oxygen atoms in total. The first-order chi connectivity index (χ1) is 7.56. The van der Waals surface area contributed by atoms with Crippen LogP contribution in [0.4, 0.5) is 0 Å². The maximum atomic E-state index is 11.3. The van der Waals surface area contributed by atoms with Gasteiger partial charge in [-0.3, -0.25) is 9.59 Å². The molecule has 0 aliphatic rings. The second-order valence-electron chi connectivity index (χ2n) is 4.09. The summed E-state index contributed by atoms with van der Waals surface area (Å²) >= 11 is 5.46. The van der Waals surface area contributed by atoms with Crippen molar-refractivity contribution in [1.82, 2.24) is 10.6 Å². The van der Waals surface area contributed by atoms with E-state index in [0.29, 0.717) is 44.1 Å². The van der Waals surface area contributed by atoms with Gasteiger partial charge in [-0.05, 0) is 12.3 Å². The molecule has 5 heteroatoms. The van der Waals surface area contributed by atoms with Crippen LogP contribution in [-0.2, 0) is 9.59 Å². The smallest absolute Gasteiger partial charge is 0.221 e. The van der Waals surface area contributed by atoms with E-state index >= 15 is 0 Å². The predicted octanol–water partition coefficient (Wildman–Crippen LogP) is 1.28. The maximum Gasteiger partial charge on any atom is 0.221 e. The van der Waals surface area contributed by atoms with Crippen molar-refractivity contribution >= 4 is 23.4 Å². The summed E-state index contributed by atoms with van der Waals surface area (Å²) in [7, 11) is 0. The molecule has 0 aliphatic carbocycles. The van der Waals surface area contributed by atoms with E-state index in [1.165, 1.54) is 0 Å². The number of hydrogen-bond acceptors (Lipinski definition) is 2. The van der Waals surface area contributed by atoms with Crippen LogP contribution in [-0.4, -0.2) is 30.8 Å². The number of carbonyl (C=O) groups is 2. The van der Waals surface area contributed by atoms with Gasteiger partial charge >= 0.3 is 0 Å². The Kier molecular flexibility index (Phi) is 9.00. The van der Waals surface area contributed by atoms with Crippen LogP contribution in [0.2, 0.25) is 0 Å². The van der Waals surface area contributed by atoms with E-state index in [4.69, 9.17) is 11.6 Å². The summed E-state index contributed by atoms with van der Waals surface area (Å²) < 4.78 is 0. The van der Waals surface area contributed by atoms with Crippen molar-refractivity contribution in [2.24, 2.45) is 5.92 Å². The fourth-order valence-corrected chi connectivity index (χ4v) is 1.17. The molecule has 0 saturated heterocycles. The van der Waals surface area contributed by atoms with E-state index in [1.54, 1.807) is 0 Å². The highest BCUT2D eigenvalue weighted by Crippen LogP contribution is 1.92. The molecule has 16 heavy (non-hydrogen) atoms. The summed E-state index contributed by atoms with van der Waals surface area (Å²) in [6.45, 7) is 5.15. The number of hydrogen-bond donors (Lipinski definition) is 2. The number of halogens is 1. The van der Waals surface area contributed by atoms with Crippen molar-refractivity contribution in [3.63, 3.8) is 0 Å². The zero-order chi connectivity index (χ0) is 12.4. The van der Waals surface area contributed by atoms with Gasteiger partial charge in [0.05, 0.1) is 0 Å². The Morgan fingerprint density at radius 2 is 1.75 bits per heavy atom. The molecule has 0 bridgehead atoms. The Hall–Kier alpha value is -0.770. The average Bonchev–Trinajstić information content (AvgIpc) is 2.23. The van der Waals surface area contributed by atoms with Crippen LogP contribution in [0.15, 0.2) is 0 Å². The van der Waals surface area contributed by atoms with Crippen molar-refractivity contribution in [1.29, 1.82) is 0 Å². The Balaban J connectivity index is 3.43. The number of alkyl halides is 1. The molecule has 0 aromatic rings. The molecular weight excluding hydrogens is 228 g/mol. The SMILES string of the molecule is CC(C)CNC(=O)CCNC(=O)CCCCl. The molecule has 2 amide bonds. The van der Waals surface area contributed by atoms with Crippen molar-refractivity contribution in [3.8, 4) is 0 Å². The second-order valence-corrected chi connectivity index (χ2v) is 4.47. The van der Waals surface area contributed by atoms with E-state index < -0.39 is 0 Å². The van der Waals surface area contributed by atoms with Crippen LogP contribution < -0.4 is 10.6 Å². The van der Waals surface area contributed by atoms with E-state index in [-0.39, 0.29) is 11.8 Å². The Morgan fingerprint density at radius 3 is 2.31 bits per heavy atom. The van der Waals surface area contributed by atoms with E-state index in [9.17, 15) is 9.59 Å². The fourth-order valence-electron chi connectivity index (χ4n) is 1.04. The van der Waals surface area contributed by atoms with Crippen molar-refractivity contribution in [2.45, 2.75) is 33.1 Å². The summed E-state index contributed by atoms with van der Waals surface area (Å²) in [5.74, 6) is 0.869. The Bertz CT molecular complexity index is 220. The Labute approximate surface area is 102 Å². The molecule has 0 aliphatic heterocycles. The molecule has 0 unspecified atom stereocenters. The van der Waals surface area contributed by atoms with E-state index in [1.807, 2.05) is 13.8 Å². The van der Waals surface area contributed by atoms with Gasteiger partial charge in [0.2, 0.25) is 11.8 Å². The highest BCUT2D eigenvalue weighted by atomic mass is 35.5. The summed E-state index contributed by atoms with van der Waals surface area (Å²) in [6, 6.07) is 0. The van der Waals surface area contributed by atoms with Gasteiger partial charge in [0, 0.05) is 31.8 Å². The summed E-state index contributed by atoms with van der Waals surface area (Å²) in [5.41, 5.74) is 0. The van der Waals surface area contributed by atoms with Gasteiger partial charge in [0.25, 0.3) is 0 Å². The number of nitrogens with one attached hydrogen (secondary N) is 2. The van der Waals surface area contributed by atoms with Crippen LogP contribution >= 0.6 is 11.6 Å². The summed E-state index contributed by atoms with van der Waals surface area (Å²) in [4.78, 5) is 22.4. The maximum absolute atomic E-state index is 11.3. The fraction of sp³-hybridized carbons (Fsp3) is 0.818. The minimum Gasteiger partial charge on any atom is -0.356 e. The first-order valence-corrected chi connectivity index (χ1v) is 6.19. The largest absolute Gasteiger partial charge is 0.356 e.